The summed E-state index contributed by atoms with van der Waals surface area (Å²) in [6.45, 7) is 4.56. The largest absolute Gasteiger partial charge is 0.573 e. The molecule has 0 radical (unpaired) electrons. The number of ether oxygens (including phenoxy) is 2. The molecule has 2 aromatic rings. The molecule has 0 aliphatic heterocycles. The Balaban J connectivity index is 2.02. The van der Waals surface area contributed by atoms with Crippen LogP contribution in [0, 0.1) is 5.92 Å². The monoisotopic (exact) mass is 496 g/mol. The first kappa shape index (κ1) is 28.0. The van der Waals surface area contributed by atoms with Crippen molar-refractivity contribution in [2.75, 3.05) is 19.8 Å². The van der Waals surface area contributed by atoms with Gasteiger partial charge < -0.3 is 25.2 Å². The van der Waals surface area contributed by atoms with E-state index in [-0.39, 0.29) is 19.6 Å². The standard InChI is InChI=1S/C25H31F3N2O5/c1-17(2)4-3-15-34-20-11-7-19(8-12-20)23(32)30-22(24(33)29-13-14-31)16-18-5-9-21(10-6-18)35-25(26,27)28/h5-12,17,22,31H,3-4,13-16H2,1-2H3,(H,29,33)(H,30,32). The van der Waals surface area contributed by atoms with Gasteiger partial charge in [-0.3, -0.25) is 9.59 Å². The van der Waals surface area contributed by atoms with E-state index in [9.17, 15) is 22.8 Å². The van der Waals surface area contributed by atoms with E-state index in [2.05, 4.69) is 29.2 Å². The Morgan fingerprint density at radius 1 is 1.00 bits per heavy atom. The SMILES string of the molecule is CC(C)CCCOc1ccc(C(=O)NC(Cc2ccc(OC(F)(F)F)cc2)C(=O)NCCO)cc1. The van der Waals surface area contributed by atoms with Crippen molar-refractivity contribution in [2.24, 2.45) is 5.92 Å². The van der Waals surface area contributed by atoms with Crippen LogP contribution in [0.4, 0.5) is 13.2 Å². The molecular formula is C25H31F3N2O5. The number of carbonyl (C=O) groups is 2. The fourth-order valence-corrected chi connectivity index (χ4v) is 3.20. The van der Waals surface area contributed by atoms with Gasteiger partial charge in [0.05, 0.1) is 13.2 Å². The van der Waals surface area contributed by atoms with Crippen LogP contribution in [0.25, 0.3) is 0 Å². The first-order valence-corrected chi connectivity index (χ1v) is 11.3. The predicted octanol–water partition coefficient (Wildman–Crippen LogP) is 3.85. The molecule has 0 fully saturated rings. The third-order valence-electron chi connectivity index (χ3n) is 4.94. The van der Waals surface area contributed by atoms with E-state index in [1.165, 1.54) is 12.1 Å². The summed E-state index contributed by atoms with van der Waals surface area (Å²) in [4.78, 5) is 25.3. The van der Waals surface area contributed by atoms with E-state index >= 15 is 0 Å². The molecule has 35 heavy (non-hydrogen) atoms. The van der Waals surface area contributed by atoms with Crippen molar-refractivity contribution in [1.82, 2.24) is 10.6 Å². The second kappa shape index (κ2) is 13.6. The van der Waals surface area contributed by atoms with Gasteiger partial charge in [0.1, 0.15) is 17.5 Å². The Kier molecular flexibility index (Phi) is 10.8. The maximum atomic E-state index is 12.8. The van der Waals surface area contributed by atoms with E-state index < -0.39 is 30.0 Å². The Labute approximate surface area is 202 Å². The lowest BCUT2D eigenvalue weighted by Crippen LogP contribution is -2.48. The van der Waals surface area contributed by atoms with Gasteiger partial charge in [-0.15, -0.1) is 13.2 Å². The third-order valence-corrected chi connectivity index (χ3v) is 4.94. The number of carbonyl (C=O) groups excluding carboxylic acids is 2. The average Bonchev–Trinajstić information content (AvgIpc) is 2.80. The Morgan fingerprint density at radius 2 is 1.63 bits per heavy atom. The lowest BCUT2D eigenvalue weighted by atomic mass is 10.0. The van der Waals surface area contributed by atoms with E-state index in [0.29, 0.717) is 29.4 Å². The molecule has 3 N–H and O–H groups in total. The van der Waals surface area contributed by atoms with Crippen LogP contribution in [0.15, 0.2) is 48.5 Å². The normalized spacial score (nSPS) is 12.2. The van der Waals surface area contributed by atoms with Gasteiger partial charge in [0.15, 0.2) is 0 Å². The van der Waals surface area contributed by atoms with Crippen molar-refractivity contribution < 1.29 is 37.3 Å². The molecular weight excluding hydrogens is 465 g/mol. The smallest absolute Gasteiger partial charge is 0.494 e. The maximum Gasteiger partial charge on any atom is 0.573 e. The van der Waals surface area contributed by atoms with Crippen LogP contribution in [0.1, 0.15) is 42.6 Å². The molecule has 10 heteroatoms. The molecule has 0 saturated heterocycles. The number of halogens is 3. The van der Waals surface area contributed by atoms with Gasteiger partial charge in [-0.2, -0.15) is 0 Å². The second-order valence-corrected chi connectivity index (χ2v) is 8.35. The number of amides is 2. The quantitative estimate of drug-likeness (QED) is 0.366. The summed E-state index contributed by atoms with van der Waals surface area (Å²) in [5.41, 5.74) is 0.822. The lowest BCUT2D eigenvalue weighted by molar-refractivity contribution is -0.274. The molecule has 0 spiro atoms. The second-order valence-electron chi connectivity index (χ2n) is 8.35. The van der Waals surface area contributed by atoms with Crippen LogP contribution in [-0.2, 0) is 11.2 Å². The van der Waals surface area contributed by atoms with Crippen molar-refractivity contribution in [3.8, 4) is 11.5 Å². The predicted molar refractivity (Wildman–Crippen MR) is 124 cm³/mol. The Morgan fingerprint density at radius 3 is 2.20 bits per heavy atom. The molecule has 0 aliphatic rings. The zero-order valence-electron chi connectivity index (χ0n) is 19.7. The Hall–Kier alpha value is -3.27. The number of alkyl halides is 3. The van der Waals surface area contributed by atoms with E-state index in [4.69, 9.17) is 9.84 Å². The average molecular weight is 497 g/mol. The number of hydrogen-bond acceptors (Lipinski definition) is 5. The maximum absolute atomic E-state index is 12.8. The minimum Gasteiger partial charge on any atom is -0.494 e. The van der Waals surface area contributed by atoms with Crippen molar-refractivity contribution >= 4 is 11.8 Å². The van der Waals surface area contributed by atoms with Crippen LogP contribution in [0.3, 0.4) is 0 Å². The highest BCUT2D eigenvalue weighted by molar-refractivity contribution is 5.97. The summed E-state index contributed by atoms with van der Waals surface area (Å²) in [5.74, 6) is -0.203. The molecule has 0 saturated carbocycles. The molecule has 0 bridgehead atoms. The summed E-state index contributed by atoms with van der Waals surface area (Å²) in [6.07, 6.45) is -2.81. The minimum atomic E-state index is -4.81. The third kappa shape index (κ3) is 10.7. The minimum absolute atomic E-state index is 0.00753. The number of nitrogens with one attached hydrogen (secondary N) is 2. The van der Waals surface area contributed by atoms with Gasteiger partial charge in [-0.1, -0.05) is 26.0 Å². The van der Waals surface area contributed by atoms with Gasteiger partial charge in [0.2, 0.25) is 5.91 Å². The summed E-state index contributed by atoms with van der Waals surface area (Å²) in [6, 6.07) is 10.5. The van der Waals surface area contributed by atoms with Crippen molar-refractivity contribution in [1.29, 1.82) is 0 Å². The van der Waals surface area contributed by atoms with E-state index in [1.807, 2.05) is 0 Å². The lowest BCUT2D eigenvalue weighted by Gasteiger charge is -2.19. The number of benzene rings is 2. The number of hydrogen-bond donors (Lipinski definition) is 3. The molecule has 2 rings (SSSR count). The van der Waals surface area contributed by atoms with Gasteiger partial charge >= 0.3 is 6.36 Å². The van der Waals surface area contributed by atoms with Crippen molar-refractivity contribution in [3.63, 3.8) is 0 Å². The summed E-state index contributed by atoms with van der Waals surface area (Å²) < 4.78 is 46.6. The molecule has 1 atom stereocenters. The van der Waals surface area contributed by atoms with Gasteiger partial charge in [-0.25, -0.2) is 0 Å². The summed E-state index contributed by atoms with van der Waals surface area (Å²) >= 11 is 0. The fraction of sp³-hybridized carbons (Fsp3) is 0.440. The Bertz CT molecular complexity index is 932. The van der Waals surface area contributed by atoms with Crippen LogP contribution in [-0.4, -0.2) is 49.1 Å². The zero-order valence-corrected chi connectivity index (χ0v) is 19.7. The molecule has 0 aliphatic carbocycles. The molecule has 2 aromatic carbocycles. The highest BCUT2D eigenvalue weighted by atomic mass is 19.4. The highest BCUT2D eigenvalue weighted by Gasteiger charge is 2.31. The molecule has 2 amide bonds. The molecule has 7 nitrogen and oxygen atoms in total. The highest BCUT2D eigenvalue weighted by Crippen LogP contribution is 2.23. The molecule has 0 aromatic heterocycles. The number of aliphatic hydroxyl groups is 1. The van der Waals surface area contributed by atoms with Gasteiger partial charge in [0, 0.05) is 18.5 Å². The van der Waals surface area contributed by atoms with Crippen LogP contribution in [0.5, 0.6) is 11.5 Å². The molecule has 0 heterocycles. The van der Waals surface area contributed by atoms with E-state index in [1.54, 1.807) is 24.3 Å². The molecule has 192 valence electrons. The fourth-order valence-electron chi connectivity index (χ4n) is 3.20. The van der Waals surface area contributed by atoms with Crippen LogP contribution >= 0.6 is 0 Å². The first-order valence-electron chi connectivity index (χ1n) is 11.3. The van der Waals surface area contributed by atoms with Crippen LogP contribution in [0.2, 0.25) is 0 Å². The van der Waals surface area contributed by atoms with Crippen molar-refractivity contribution in [3.05, 3.63) is 59.7 Å². The van der Waals surface area contributed by atoms with Crippen molar-refractivity contribution in [2.45, 2.75) is 45.5 Å². The summed E-state index contributed by atoms with van der Waals surface area (Å²) in [5, 5.41) is 14.1. The topological polar surface area (TPSA) is 96.9 Å². The number of aliphatic hydroxyl groups excluding tert-OH is 1. The summed E-state index contributed by atoms with van der Waals surface area (Å²) in [7, 11) is 0. The van der Waals surface area contributed by atoms with E-state index in [0.717, 1.165) is 25.0 Å². The van der Waals surface area contributed by atoms with Gasteiger partial charge in [0.25, 0.3) is 5.91 Å². The first-order chi connectivity index (χ1) is 16.6. The van der Waals surface area contributed by atoms with Gasteiger partial charge in [-0.05, 0) is 60.7 Å². The van der Waals surface area contributed by atoms with Crippen LogP contribution < -0.4 is 20.1 Å². The zero-order chi connectivity index (χ0) is 25.8. The number of rotatable bonds is 13. The molecule has 1 unspecified atom stereocenters.